The minimum absolute atomic E-state index is 0.0363. The maximum atomic E-state index is 13.0. The van der Waals surface area contributed by atoms with Gasteiger partial charge in [-0.25, -0.2) is 0 Å². The van der Waals surface area contributed by atoms with E-state index in [1.807, 2.05) is 0 Å². The first-order chi connectivity index (χ1) is 12.6. The Labute approximate surface area is 152 Å². The van der Waals surface area contributed by atoms with Crippen molar-refractivity contribution in [3.8, 4) is 11.5 Å². The summed E-state index contributed by atoms with van der Waals surface area (Å²) in [5.74, 6) is -1.03. The Hall–Kier alpha value is -2.62. The molecule has 4 heteroatoms. The molecule has 0 radical (unpaired) electrons. The number of benzene rings is 2. The Morgan fingerprint density at radius 1 is 0.769 bits per heavy atom. The van der Waals surface area contributed by atoms with E-state index in [9.17, 15) is 19.8 Å². The molecule has 2 aliphatic carbocycles. The van der Waals surface area contributed by atoms with Gasteiger partial charge in [-0.3, -0.25) is 9.59 Å². The van der Waals surface area contributed by atoms with E-state index in [1.165, 1.54) is 25.3 Å². The lowest BCUT2D eigenvalue weighted by Gasteiger charge is -2.25. The Balaban J connectivity index is 1.85. The molecule has 2 aliphatic rings. The minimum atomic E-state index is -0.410. The number of hydrogen-bond donors (Lipinski definition) is 2. The fourth-order valence-electron chi connectivity index (χ4n) is 4.36. The largest absolute Gasteiger partial charge is 0.507 e. The zero-order valence-electron chi connectivity index (χ0n) is 14.6. The molecule has 0 spiro atoms. The van der Waals surface area contributed by atoms with Crippen LogP contribution < -0.4 is 0 Å². The summed E-state index contributed by atoms with van der Waals surface area (Å²) in [6, 6.07) is 8.06. The van der Waals surface area contributed by atoms with Crippen LogP contribution in [0.15, 0.2) is 30.3 Å². The zero-order chi connectivity index (χ0) is 18.3. The number of hydrogen-bond acceptors (Lipinski definition) is 4. The van der Waals surface area contributed by atoms with Crippen LogP contribution in [-0.4, -0.2) is 21.8 Å². The molecule has 0 aliphatic heterocycles. The van der Waals surface area contributed by atoms with Crippen LogP contribution in [0.1, 0.15) is 88.3 Å². The third-order valence-corrected chi connectivity index (χ3v) is 5.72. The number of fused-ring (bicyclic) bond motifs is 2. The maximum Gasteiger partial charge on any atom is 0.198 e. The molecule has 0 amide bonds. The van der Waals surface area contributed by atoms with Crippen LogP contribution in [0, 0.1) is 0 Å². The highest BCUT2D eigenvalue weighted by Crippen LogP contribution is 2.44. The number of phenolic OH excluding ortho intramolecular Hbond substituents is 2. The van der Waals surface area contributed by atoms with Crippen LogP contribution in [0.5, 0.6) is 11.5 Å². The lowest BCUT2D eigenvalue weighted by atomic mass is 9.78. The predicted octanol–water partition coefficient (Wildman–Crippen LogP) is 4.70. The molecule has 2 aromatic rings. The molecule has 0 atom stereocenters. The van der Waals surface area contributed by atoms with Crippen LogP contribution in [0.2, 0.25) is 0 Å². The van der Waals surface area contributed by atoms with Gasteiger partial charge in [0.1, 0.15) is 11.5 Å². The number of ketones is 2. The average molecular weight is 350 g/mol. The van der Waals surface area contributed by atoms with Crippen LogP contribution >= 0.6 is 0 Å². The standard InChI is InChI=1S/C22H22O4/c23-17-12-16(13-8-4-2-1-3-5-9-13)22(26)19-18(17)20(24)14-10-6-7-11-15(14)21(19)25/h6-7,10-13,23,26H,1-5,8-9H2. The first-order valence-corrected chi connectivity index (χ1v) is 9.37. The lowest BCUT2D eigenvalue weighted by molar-refractivity contribution is 0.0974. The molecular formula is C22H22O4. The third-order valence-electron chi connectivity index (χ3n) is 5.72. The van der Waals surface area contributed by atoms with Crippen molar-refractivity contribution in [2.75, 3.05) is 0 Å². The van der Waals surface area contributed by atoms with E-state index in [2.05, 4.69) is 0 Å². The number of rotatable bonds is 1. The van der Waals surface area contributed by atoms with Gasteiger partial charge < -0.3 is 10.2 Å². The van der Waals surface area contributed by atoms with Crippen molar-refractivity contribution in [3.05, 3.63) is 58.1 Å². The predicted molar refractivity (Wildman–Crippen MR) is 98.1 cm³/mol. The van der Waals surface area contributed by atoms with Crippen LogP contribution in [0.4, 0.5) is 0 Å². The number of aromatic hydroxyl groups is 2. The number of phenols is 2. The molecule has 26 heavy (non-hydrogen) atoms. The maximum absolute atomic E-state index is 13.0. The van der Waals surface area contributed by atoms with Crippen molar-refractivity contribution in [2.45, 2.75) is 50.9 Å². The third kappa shape index (κ3) is 2.61. The molecule has 1 saturated carbocycles. The van der Waals surface area contributed by atoms with E-state index in [0.717, 1.165) is 25.7 Å². The van der Waals surface area contributed by atoms with Crippen molar-refractivity contribution in [1.82, 2.24) is 0 Å². The lowest BCUT2D eigenvalue weighted by Crippen LogP contribution is -2.22. The minimum Gasteiger partial charge on any atom is -0.507 e. The second-order valence-electron chi connectivity index (χ2n) is 7.33. The SMILES string of the molecule is O=C1c2ccccc2C(=O)c2c(O)c(C3CCCCCCC3)cc(O)c21. The molecule has 0 aromatic heterocycles. The Morgan fingerprint density at radius 3 is 1.92 bits per heavy atom. The summed E-state index contributed by atoms with van der Waals surface area (Å²) in [6.45, 7) is 0. The first-order valence-electron chi connectivity index (χ1n) is 9.37. The van der Waals surface area contributed by atoms with Gasteiger partial charge in [0.15, 0.2) is 11.6 Å². The Morgan fingerprint density at radius 2 is 1.31 bits per heavy atom. The van der Waals surface area contributed by atoms with Gasteiger partial charge in [0.25, 0.3) is 0 Å². The van der Waals surface area contributed by atoms with Gasteiger partial charge in [0.05, 0.1) is 11.1 Å². The Kier molecular flexibility index (Phi) is 4.27. The Bertz CT molecular complexity index is 889. The van der Waals surface area contributed by atoms with Gasteiger partial charge in [0, 0.05) is 16.7 Å². The zero-order valence-corrected chi connectivity index (χ0v) is 14.6. The van der Waals surface area contributed by atoms with Crippen molar-refractivity contribution in [1.29, 1.82) is 0 Å². The highest BCUT2D eigenvalue weighted by molar-refractivity contribution is 6.30. The average Bonchev–Trinajstić information content (AvgIpc) is 2.61. The van der Waals surface area contributed by atoms with Crippen LogP contribution in [0.25, 0.3) is 0 Å². The molecule has 0 saturated heterocycles. The molecule has 4 rings (SSSR count). The van der Waals surface area contributed by atoms with E-state index >= 15 is 0 Å². The van der Waals surface area contributed by atoms with Gasteiger partial charge in [-0.2, -0.15) is 0 Å². The van der Waals surface area contributed by atoms with Gasteiger partial charge in [-0.05, 0) is 24.8 Å². The summed E-state index contributed by atoms with van der Waals surface area (Å²) in [7, 11) is 0. The second kappa shape index (κ2) is 6.60. The summed E-state index contributed by atoms with van der Waals surface area (Å²) in [5.41, 5.74) is 1.06. The first kappa shape index (κ1) is 16.8. The van der Waals surface area contributed by atoms with Crippen LogP contribution in [0.3, 0.4) is 0 Å². The molecule has 0 heterocycles. The van der Waals surface area contributed by atoms with E-state index in [-0.39, 0.29) is 39.7 Å². The molecule has 1 fully saturated rings. The molecule has 0 bridgehead atoms. The molecule has 0 unspecified atom stereocenters. The fourth-order valence-corrected chi connectivity index (χ4v) is 4.36. The van der Waals surface area contributed by atoms with Crippen LogP contribution in [-0.2, 0) is 0 Å². The monoisotopic (exact) mass is 350 g/mol. The number of carbonyl (C=O) groups is 2. The molecule has 4 nitrogen and oxygen atoms in total. The smallest absolute Gasteiger partial charge is 0.198 e. The van der Waals surface area contributed by atoms with E-state index in [0.29, 0.717) is 5.56 Å². The van der Waals surface area contributed by atoms with E-state index < -0.39 is 11.6 Å². The highest BCUT2D eigenvalue weighted by atomic mass is 16.3. The van der Waals surface area contributed by atoms with Gasteiger partial charge in [-0.15, -0.1) is 0 Å². The van der Waals surface area contributed by atoms with Crippen molar-refractivity contribution < 1.29 is 19.8 Å². The van der Waals surface area contributed by atoms with Crippen molar-refractivity contribution in [3.63, 3.8) is 0 Å². The van der Waals surface area contributed by atoms with E-state index in [4.69, 9.17) is 0 Å². The molecule has 2 aromatic carbocycles. The molecular weight excluding hydrogens is 328 g/mol. The number of carbonyl (C=O) groups excluding carboxylic acids is 2. The summed E-state index contributed by atoms with van der Waals surface area (Å²) in [5, 5.41) is 21.5. The van der Waals surface area contributed by atoms with E-state index in [1.54, 1.807) is 24.3 Å². The highest BCUT2D eigenvalue weighted by Gasteiger charge is 2.36. The molecule has 2 N–H and O–H groups in total. The summed E-state index contributed by atoms with van der Waals surface area (Å²) >= 11 is 0. The topological polar surface area (TPSA) is 74.6 Å². The van der Waals surface area contributed by atoms with Gasteiger partial charge in [-0.1, -0.05) is 56.4 Å². The molecule has 134 valence electrons. The quantitative estimate of drug-likeness (QED) is 0.624. The van der Waals surface area contributed by atoms with Gasteiger partial charge >= 0.3 is 0 Å². The van der Waals surface area contributed by atoms with Crippen molar-refractivity contribution >= 4 is 11.6 Å². The summed E-state index contributed by atoms with van der Waals surface area (Å²) < 4.78 is 0. The summed E-state index contributed by atoms with van der Waals surface area (Å²) in [6.07, 6.45) is 7.54. The summed E-state index contributed by atoms with van der Waals surface area (Å²) in [4.78, 5) is 25.8. The normalized spacial score (nSPS) is 18.0. The van der Waals surface area contributed by atoms with Gasteiger partial charge in [0.2, 0.25) is 0 Å². The second-order valence-corrected chi connectivity index (χ2v) is 7.33. The van der Waals surface area contributed by atoms with Crippen molar-refractivity contribution in [2.24, 2.45) is 0 Å². The fraction of sp³-hybridized carbons (Fsp3) is 0.364.